The lowest BCUT2D eigenvalue weighted by molar-refractivity contribution is -0.116. The molecule has 6 heteroatoms. The monoisotopic (exact) mass is 429 g/mol. The number of ether oxygens (including phenoxy) is 1. The van der Waals surface area contributed by atoms with E-state index in [9.17, 15) is 9.59 Å². The van der Waals surface area contributed by atoms with Crippen LogP contribution >= 0.6 is 0 Å². The van der Waals surface area contributed by atoms with Gasteiger partial charge in [-0.25, -0.2) is 0 Å². The van der Waals surface area contributed by atoms with Gasteiger partial charge in [0.05, 0.1) is 12.7 Å². The fraction of sp³-hybridized carbons (Fsp3) is 0.269. The minimum Gasteiger partial charge on any atom is -0.497 e. The summed E-state index contributed by atoms with van der Waals surface area (Å²) in [5.74, 6) is 0.818. The molecule has 2 aromatic carbocycles. The van der Waals surface area contributed by atoms with Crippen LogP contribution in [0.2, 0.25) is 0 Å². The first-order valence-electron chi connectivity index (χ1n) is 10.9. The zero-order chi connectivity index (χ0) is 22.3. The highest BCUT2D eigenvalue weighted by Gasteiger charge is 2.26. The van der Waals surface area contributed by atoms with E-state index in [-0.39, 0.29) is 11.8 Å². The second kappa shape index (κ2) is 10.1. The summed E-state index contributed by atoms with van der Waals surface area (Å²) in [5, 5.41) is 2.99. The standard InChI is InChI=1S/C26H27N3O3/c1-32-23-11-8-19(9-12-23)5-2-3-7-25(30)28-22-10-13-24-20(17-22)14-16-29(24)26(31)21-6-4-15-27-18-21/h4,6,8-13,15,17-18H,2-3,5,7,14,16H2,1H3,(H,28,30). The maximum absolute atomic E-state index is 12.8. The van der Waals surface area contributed by atoms with Gasteiger partial charge in [-0.15, -0.1) is 0 Å². The van der Waals surface area contributed by atoms with E-state index in [2.05, 4.69) is 22.4 Å². The normalized spacial score (nSPS) is 12.3. The molecule has 0 aliphatic carbocycles. The van der Waals surface area contributed by atoms with Crippen molar-refractivity contribution in [3.05, 3.63) is 83.7 Å². The number of anilines is 2. The van der Waals surface area contributed by atoms with E-state index in [0.717, 1.165) is 48.4 Å². The maximum Gasteiger partial charge on any atom is 0.259 e. The topological polar surface area (TPSA) is 71.5 Å². The molecule has 0 unspecified atom stereocenters. The number of hydrogen-bond donors (Lipinski definition) is 1. The largest absolute Gasteiger partial charge is 0.497 e. The van der Waals surface area contributed by atoms with Crippen LogP contribution < -0.4 is 15.0 Å². The number of benzene rings is 2. The number of amides is 2. The number of unbranched alkanes of at least 4 members (excludes halogenated alkanes) is 1. The molecule has 1 aromatic heterocycles. The highest BCUT2D eigenvalue weighted by atomic mass is 16.5. The smallest absolute Gasteiger partial charge is 0.259 e. The molecule has 3 aromatic rings. The Morgan fingerprint density at radius 2 is 1.94 bits per heavy atom. The van der Waals surface area contributed by atoms with E-state index in [4.69, 9.17) is 4.74 Å². The number of nitrogens with one attached hydrogen (secondary N) is 1. The SMILES string of the molecule is COc1ccc(CCCCC(=O)Nc2ccc3c(c2)CCN3C(=O)c2cccnc2)cc1. The van der Waals surface area contributed by atoms with Crippen molar-refractivity contribution in [3.8, 4) is 5.75 Å². The van der Waals surface area contributed by atoms with Gasteiger partial charge in [-0.05, 0) is 79.3 Å². The number of carbonyl (C=O) groups is 2. The van der Waals surface area contributed by atoms with Crippen LogP contribution in [-0.2, 0) is 17.6 Å². The highest BCUT2D eigenvalue weighted by Crippen LogP contribution is 2.31. The predicted octanol–water partition coefficient (Wildman–Crippen LogP) is 4.64. The lowest BCUT2D eigenvalue weighted by atomic mass is 10.1. The van der Waals surface area contributed by atoms with Crippen LogP contribution in [0, 0.1) is 0 Å². The van der Waals surface area contributed by atoms with Crippen molar-refractivity contribution < 1.29 is 14.3 Å². The lowest BCUT2D eigenvalue weighted by Crippen LogP contribution is -2.28. The number of aromatic nitrogens is 1. The first-order valence-corrected chi connectivity index (χ1v) is 10.9. The molecule has 0 radical (unpaired) electrons. The van der Waals surface area contributed by atoms with Gasteiger partial charge in [-0.1, -0.05) is 12.1 Å². The molecule has 6 nitrogen and oxygen atoms in total. The third kappa shape index (κ3) is 5.14. The molecule has 0 fully saturated rings. The van der Waals surface area contributed by atoms with Gasteiger partial charge in [0.15, 0.2) is 0 Å². The number of aryl methyl sites for hydroxylation is 1. The van der Waals surface area contributed by atoms with Gasteiger partial charge < -0.3 is 15.0 Å². The van der Waals surface area contributed by atoms with E-state index < -0.39 is 0 Å². The summed E-state index contributed by atoms with van der Waals surface area (Å²) >= 11 is 0. The molecule has 0 atom stereocenters. The Morgan fingerprint density at radius 1 is 1.09 bits per heavy atom. The molecule has 1 aliphatic rings. The van der Waals surface area contributed by atoms with Crippen molar-refractivity contribution in [1.29, 1.82) is 0 Å². The van der Waals surface area contributed by atoms with Gasteiger partial charge >= 0.3 is 0 Å². The molecule has 32 heavy (non-hydrogen) atoms. The first kappa shape index (κ1) is 21.6. The maximum atomic E-state index is 12.8. The zero-order valence-electron chi connectivity index (χ0n) is 18.2. The second-order valence-electron chi connectivity index (χ2n) is 7.90. The quantitative estimate of drug-likeness (QED) is 0.530. The number of rotatable bonds is 8. The Kier molecular flexibility index (Phi) is 6.80. The van der Waals surface area contributed by atoms with Crippen molar-refractivity contribution in [1.82, 2.24) is 4.98 Å². The molecule has 164 valence electrons. The van der Waals surface area contributed by atoms with Crippen molar-refractivity contribution in [2.24, 2.45) is 0 Å². The van der Waals surface area contributed by atoms with Gasteiger partial charge in [0.25, 0.3) is 5.91 Å². The summed E-state index contributed by atoms with van der Waals surface area (Å²) in [6.07, 6.45) is 7.22. The minimum atomic E-state index is -0.0505. The second-order valence-corrected chi connectivity index (χ2v) is 7.90. The van der Waals surface area contributed by atoms with Crippen molar-refractivity contribution in [2.75, 3.05) is 23.9 Å². The van der Waals surface area contributed by atoms with Crippen molar-refractivity contribution in [2.45, 2.75) is 32.1 Å². The Hall–Kier alpha value is -3.67. The van der Waals surface area contributed by atoms with Crippen LogP contribution in [0.1, 0.15) is 40.7 Å². The van der Waals surface area contributed by atoms with Gasteiger partial charge in [0, 0.05) is 36.7 Å². The third-order valence-corrected chi connectivity index (χ3v) is 5.69. The van der Waals surface area contributed by atoms with Crippen LogP contribution in [0.3, 0.4) is 0 Å². The molecule has 0 bridgehead atoms. The Labute approximate surface area is 188 Å². The molecule has 0 saturated heterocycles. The van der Waals surface area contributed by atoms with E-state index in [0.29, 0.717) is 18.5 Å². The van der Waals surface area contributed by atoms with Crippen LogP contribution in [-0.4, -0.2) is 30.5 Å². The van der Waals surface area contributed by atoms with E-state index >= 15 is 0 Å². The average molecular weight is 430 g/mol. The number of nitrogens with zero attached hydrogens (tertiary/aromatic N) is 2. The number of methoxy groups -OCH3 is 1. The Bertz CT molecular complexity index is 1080. The molecular formula is C26H27N3O3. The summed E-state index contributed by atoms with van der Waals surface area (Å²) in [6.45, 7) is 0.631. The zero-order valence-corrected chi connectivity index (χ0v) is 18.2. The molecular weight excluding hydrogens is 402 g/mol. The summed E-state index contributed by atoms with van der Waals surface area (Å²) in [4.78, 5) is 30.9. The molecule has 2 heterocycles. The summed E-state index contributed by atoms with van der Waals surface area (Å²) in [7, 11) is 1.66. The van der Waals surface area contributed by atoms with Crippen LogP contribution in [0.25, 0.3) is 0 Å². The molecule has 1 N–H and O–H groups in total. The highest BCUT2D eigenvalue weighted by molar-refractivity contribution is 6.07. The Balaban J connectivity index is 1.27. The average Bonchev–Trinajstić information content (AvgIpc) is 3.25. The first-order chi connectivity index (χ1) is 15.6. The Morgan fingerprint density at radius 3 is 2.69 bits per heavy atom. The number of pyridine rings is 1. The van der Waals surface area contributed by atoms with Crippen LogP contribution in [0.15, 0.2) is 67.0 Å². The van der Waals surface area contributed by atoms with Gasteiger partial charge in [0.1, 0.15) is 5.75 Å². The van der Waals surface area contributed by atoms with Gasteiger partial charge in [-0.3, -0.25) is 14.6 Å². The van der Waals surface area contributed by atoms with Crippen molar-refractivity contribution in [3.63, 3.8) is 0 Å². The number of fused-ring (bicyclic) bond motifs is 1. The van der Waals surface area contributed by atoms with Crippen molar-refractivity contribution >= 4 is 23.2 Å². The molecule has 2 amide bonds. The molecule has 1 aliphatic heterocycles. The number of hydrogen-bond acceptors (Lipinski definition) is 4. The van der Waals surface area contributed by atoms with Crippen LogP contribution in [0.4, 0.5) is 11.4 Å². The third-order valence-electron chi connectivity index (χ3n) is 5.69. The fourth-order valence-electron chi connectivity index (χ4n) is 3.97. The van der Waals surface area contributed by atoms with E-state index in [1.54, 1.807) is 36.5 Å². The minimum absolute atomic E-state index is 0.0148. The van der Waals surface area contributed by atoms with Gasteiger partial charge in [0.2, 0.25) is 5.91 Å². The summed E-state index contributed by atoms with van der Waals surface area (Å²) in [6, 6.07) is 17.3. The fourth-order valence-corrected chi connectivity index (χ4v) is 3.97. The summed E-state index contributed by atoms with van der Waals surface area (Å²) < 4.78 is 5.17. The molecule has 0 spiro atoms. The van der Waals surface area contributed by atoms with E-state index in [1.807, 2.05) is 30.3 Å². The number of carbonyl (C=O) groups excluding carboxylic acids is 2. The summed E-state index contributed by atoms with van der Waals surface area (Å²) in [5.41, 5.74) is 4.57. The predicted molar refractivity (Wildman–Crippen MR) is 125 cm³/mol. The molecule has 0 saturated carbocycles. The van der Waals surface area contributed by atoms with E-state index in [1.165, 1.54) is 5.56 Å². The van der Waals surface area contributed by atoms with Crippen LogP contribution in [0.5, 0.6) is 5.75 Å². The van der Waals surface area contributed by atoms with Gasteiger partial charge in [-0.2, -0.15) is 0 Å². The molecule has 4 rings (SSSR count). The lowest BCUT2D eigenvalue weighted by Gasteiger charge is -2.17.